The van der Waals surface area contributed by atoms with Crippen molar-refractivity contribution in [2.75, 3.05) is 27.9 Å². The number of methoxy groups -OCH3 is 2. The number of hydrogen-bond donors (Lipinski definition) is 1. The zero-order valence-electron chi connectivity index (χ0n) is 10.5. The second kappa shape index (κ2) is 5.55. The first-order chi connectivity index (χ1) is 8.61. The maximum absolute atomic E-state index is 5.78. The van der Waals surface area contributed by atoms with Crippen molar-refractivity contribution in [2.45, 2.75) is 6.10 Å². The van der Waals surface area contributed by atoms with Crippen molar-refractivity contribution in [3.05, 3.63) is 23.8 Å². The van der Waals surface area contributed by atoms with Gasteiger partial charge in [0, 0.05) is 19.2 Å². The Kier molecular flexibility index (Phi) is 4.25. The molecular formula is C11H16NO4PS. The Bertz CT molecular complexity index is 482. The molecule has 1 aromatic carbocycles. The Morgan fingerprint density at radius 3 is 2.67 bits per heavy atom. The molecule has 0 aromatic heterocycles. The van der Waals surface area contributed by atoms with Gasteiger partial charge < -0.3 is 18.5 Å². The lowest BCUT2D eigenvalue weighted by molar-refractivity contribution is 0.227. The molecular weight excluding hydrogens is 273 g/mol. The van der Waals surface area contributed by atoms with Crippen molar-refractivity contribution in [3.63, 3.8) is 0 Å². The smallest absolute Gasteiger partial charge is 0.261 e. The molecule has 0 amide bonds. The van der Waals surface area contributed by atoms with Gasteiger partial charge in [-0.2, -0.15) is 0 Å². The van der Waals surface area contributed by atoms with Gasteiger partial charge in [-0.3, -0.25) is 0 Å². The number of ether oxygens (including phenoxy) is 2. The standard InChI is InChI=1S/C11H16NO4PS/c1-13-8-4-5-10(14-2)9(6-8)11-7-12-17(18,15-3)16-11/h4-6,11H,7H2,1-3H3,(H,12,18). The molecule has 1 aliphatic rings. The summed E-state index contributed by atoms with van der Waals surface area (Å²) >= 11 is 5.27. The van der Waals surface area contributed by atoms with Gasteiger partial charge in [0.15, 0.2) is 0 Å². The maximum atomic E-state index is 5.78. The summed E-state index contributed by atoms with van der Waals surface area (Å²) in [5.74, 6) is 1.51. The van der Waals surface area contributed by atoms with Crippen molar-refractivity contribution in [1.29, 1.82) is 0 Å². The Hall–Kier alpha value is -0.650. The molecule has 0 aliphatic carbocycles. The minimum absolute atomic E-state index is 0.180. The van der Waals surface area contributed by atoms with E-state index in [1.807, 2.05) is 18.2 Å². The number of hydrogen-bond acceptors (Lipinski definition) is 5. The van der Waals surface area contributed by atoms with Crippen LogP contribution in [0.15, 0.2) is 18.2 Å². The molecule has 2 unspecified atom stereocenters. The highest BCUT2D eigenvalue weighted by molar-refractivity contribution is 8.09. The Balaban J connectivity index is 2.30. The van der Waals surface area contributed by atoms with Crippen LogP contribution in [0.4, 0.5) is 0 Å². The summed E-state index contributed by atoms with van der Waals surface area (Å²) in [4.78, 5) is 0. The predicted octanol–water partition coefficient (Wildman–Crippen LogP) is 2.24. The van der Waals surface area contributed by atoms with Crippen LogP contribution >= 0.6 is 6.64 Å². The maximum Gasteiger partial charge on any atom is 0.261 e. The van der Waals surface area contributed by atoms with Gasteiger partial charge in [0.2, 0.25) is 0 Å². The normalized spacial score (nSPS) is 27.2. The fourth-order valence-electron chi connectivity index (χ4n) is 1.80. The van der Waals surface area contributed by atoms with E-state index in [-0.39, 0.29) is 6.10 Å². The molecule has 1 aromatic rings. The Morgan fingerprint density at radius 2 is 2.11 bits per heavy atom. The van der Waals surface area contributed by atoms with Crippen LogP contribution in [0, 0.1) is 0 Å². The van der Waals surface area contributed by atoms with E-state index in [0.717, 1.165) is 17.1 Å². The minimum Gasteiger partial charge on any atom is -0.497 e. The molecule has 100 valence electrons. The quantitative estimate of drug-likeness (QED) is 0.858. The van der Waals surface area contributed by atoms with E-state index in [0.29, 0.717) is 6.54 Å². The average molecular weight is 289 g/mol. The number of rotatable bonds is 4. The molecule has 2 atom stereocenters. The van der Waals surface area contributed by atoms with Gasteiger partial charge >= 0.3 is 0 Å². The average Bonchev–Trinajstić information content (AvgIpc) is 2.81. The molecule has 1 aliphatic heterocycles. The zero-order chi connectivity index (χ0) is 13.2. The number of benzene rings is 1. The fourth-order valence-corrected chi connectivity index (χ4v) is 3.54. The summed E-state index contributed by atoms with van der Waals surface area (Å²) in [6.07, 6.45) is -0.180. The minimum atomic E-state index is -2.34. The molecule has 0 bridgehead atoms. The first-order valence-corrected chi connectivity index (χ1v) is 8.07. The third-order valence-electron chi connectivity index (χ3n) is 2.76. The second-order valence-corrected chi connectivity index (χ2v) is 7.07. The summed E-state index contributed by atoms with van der Waals surface area (Å²) in [5, 5.41) is 3.11. The molecule has 1 heterocycles. The first-order valence-electron chi connectivity index (χ1n) is 5.43. The molecule has 1 saturated heterocycles. The lowest BCUT2D eigenvalue weighted by Gasteiger charge is -2.16. The first kappa shape index (κ1) is 13.8. The third-order valence-corrected chi connectivity index (χ3v) is 5.44. The predicted molar refractivity (Wildman–Crippen MR) is 72.7 cm³/mol. The lowest BCUT2D eigenvalue weighted by atomic mass is 10.1. The summed E-state index contributed by atoms with van der Waals surface area (Å²) in [6.45, 7) is -1.73. The van der Waals surface area contributed by atoms with Crippen molar-refractivity contribution in [3.8, 4) is 11.5 Å². The summed E-state index contributed by atoms with van der Waals surface area (Å²) in [7, 11) is 4.80. The van der Waals surface area contributed by atoms with E-state index in [4.69, 9.17) is 30.3 Å². The SMILES string of the molecule is COc1ccc(OC)c(C2CNP(=S)(OC)O2)c1. The molecule has 2 rings (SSSR count). The van der Waals surface area contributed by atoms with Crippen molar-refractivity contribution < 1.29 is 18.5 Å². The van der Waals surface area contributed by atoms with Gasteiger partial charge in [-0.1, -0.05) is 0 Å². The summed E-state index contributed by atoms with van der Waals surface area (Å²) in [5.41, 5.74) is 0.910. The molecule has 1 fully saturated rings. The molecule has 5 nitrogen and oxygen atoms in total. The second-order valence-electron chi connectivity index (χ2n) is 3.74. The molecule has 7 heteroatoms. The van der Waals surface area contributed by atoms with Crippen LogP contribution in [0.25, 0.3) is 0 Å². The third kappa shape index (κ3) is 2.68. The number of nitrogens with one attached hydrogen (secondary N) is 1. The van der Waals surface area contributed by atoms with Gasteiger partial charge in [-0.25, -0.2) is 5.09 Å². The van der Waals surface area contributed by atoms with E-state index in [9.17, 15) is 0 Å². The van der Waals surface area contributed by atoms with Gasteiger partial charge in [0.05, 0.1) is 14.2 Å². The van der Waals surface area contributed by atoms with Crippen LogP contribution in [0.2, 0.25) is 0 Å². The van der Waals surface area contributed by atoms with Crippen LogP contribution < -0.4 is 14.6 Å². The van der Waals surface area contributed by atoms with Crippen molar-refractivity contribution in [1.82, 2.24) is 5.09 Å². The van der Waals surface area contributed by atoms with Crippen molar-refractivity contribution >= 4 is 18.4 Å². The fraction of sp³-hybridized carbons (Fsp3) is 0.455. The topological polar surface area (TPSA) is 49.0 Å². The molecule has 18 heavy (non-hydrogen) atoms. The van der Waals surface area contributed by atoms with E-state index >= 15 is 0 Å². The van der Waals surface area contributed by atoms with Gasteiger partial charge in [0.1, 0.15) is 17.6 Å². The van der Waals surface area contributed by atoms with Gasteiger partial charge in [-0.15, -0.1) is 0 Å². The monoisotopic (exact) mass is 289 g/mol. The van der Waals surface area contributed by atoms with Crippen LogP contribution in [0.1, 0.15) is 11.7 Å². The molecule has 0 radical (unpaired) electrons. The van der Waals surface area contributed by atoms with Gasteiger partial charge in [-0.05, 0) is 30.0 Å². The van der Waals surface area contributed by atoms with Crippen molar-refractivity contribution in [2.24, 2.45) is 0 Å². The van der Waals surface area contributed by atoms with E-state index in [1.165, 1.54) is 0 Å². The van der Waals surface area contributed by atoms with E-state index < -0.39 is 6.64 Å². The van der Waals surface area contributed by atoms with Crippen LogP contribution in [0.5, 0.6) is 11.5 Å². The van der Waals surface area contributed by atoms with E-state index in [2.05, 4.69) is 5.09 Å². The highest BCUT2D eigenvalue weighted by Gasteiger charge is 2.33. The highest BCUT2D eigenvalue weighted by atomic mass is 32.5. The summed E-state index contributed by atoms with van der Waals surface area (Å²) in [6, 6.07) is 5.59. The van der Waals surface area contributed by atoms with Crippen LogP contribution in [0.3, 0.4) is 0 Å². The molecule has 1 N–H and O–H groups in total. The Labute approximate surface area is 112 Å². The van der Waals surface area contributed by atoms with Crippen LogP contribution in [-0.2, 0) is 20.9 Å². The molecule has 0 spiro atoms. The van der Waals surface area contributed by atoms with Gasteiger partial charge in [0.25, 0.3) is 6.64 Å². The lowest BCUT2D eigenvalue weighted by Crippen LogP contribution is -2.08. The molecule has 0 saturated carbocycles. The highest BCUT2D eigenvalue weighted by Crippen LogP contribution is 2.53. The zero-order valence-corrected chi connectivity index (χ0v) is 12.2. The largest absolute Gasteiger partial charge is 0.497 e. The Morgan fingerprint density at radius 1 is 1.33 bits per heavy atom. The van der Waals surface area contributed by atoms with E-state index in [1.54, 1.807) is 21.3 Å². The summed E-state index contributed by atoms with van der Waals surface area (Å²) < 4.78 is 21.5. The van der Waals surface area contributed by atoms with Crippen LogP contribution in [-0.4, -0.2) is 27.9 Å².